The average molecular weight is 327 g/mol. The van der Waals surface area contributed by atoms with E-state index in [-0.39, 0.29) is 4.21 Å². The molecular weight excluding hydrogens is 310 g/mol. The first-order valence-corrected chi connectivity index (χ1v) is 8.89. The van der Waals surface area contributed by atoms with Crippen molar-refractivity contribution in [3.8, 4) is 11.5 Å². The molecule has 0 fully saturated rings. The van der Waals surface area contributed by atoms with Gasteiger partial charge in [0, 0.05) is 6.07 Å². The van der Waals surface area contributed by atoms with E-state index < -0.39 is 10.0 Å². The highest BCUT2D eigenvalue weighted by Gasteiger charge is 2.18. The summed E-state index contributed by atoms with van der Waals surface area (Å²) < 4.78 is 38.2. The topological polar surface area (TPSA) is 64.6 Å². The zero-order valence-electron chi connectivity index (χ0n) is 11.8. The van der Waals surface area contributed by atoms with Crippen LogP contribution in [-0.2, 0) is 10.0 Å². The molecule has 21 heavy (non-hydrogen) atoms. The minimum Gasteiger partial charge on any atom is -0.494 e. The highest BCUT2D eigenvalue weighted by atomic mass is 32.2. The van der Waals surface area contributed by atoms with E-state index in [2.05, 4.69) is 4.72 Å². The summed E-state index contributed by atoms with van der Waals surface area (Å²) in [6.45, 7) is 4.66. The van der Waals surface area contributed by atoms with Gasteiger partial charge in [0.25, 0.3) is 10.0 Å². The lowest BCUT2D eigenvalue weighted by molar-refractivity contribution is 0.332. The van der Waals surface area contributed by atoms with E-state index in [1.165, 1.54) is 0 Å². The quantitative estimate of drug-likeness (QED) is 0.847. The second kappa shape index (κ2) is 6.82. The van der Waals surface area contributed by atoms with Gasteiger partial charge >= 0.3 is 0 Å². The molecule has 1 heterocycles. The van der Waals surface area contributed by atoms with Gasteiger partial charge in [0.1, 0.15) is 15.7 Å². The first-order chi connectivity index (χ1) is 10.1. The normalized spacial score (nSPS) is 11.1. The first kappa shape index (κ1) is 15.7. The van der Waals surface area contributed by atoms with Gasteiger partial charge in [-0.15, -0.1) is 11.3 Å². The lowest BCUT2D eigenvalue weighted by atomic mass is 10.3. The summed E-state index contributed by atoms with van der Waals surface area (Å²) in [5, 5.41) is 1.72. The number of ether oxygens (including phenoxy) is 2. The lowest BCUT2D eigenvalue weighted by Gasteiger charge is -2.14. The molecule has 0 aliphatic carbocycles. The fraction of sp³-hybridized carbons (Fsp3) is 0.286. The number of hydrogen-bond acceptors (Lipinski definition) is 5. The van der Waals surface area contributed by atoms with E-state index in [9.17, 15) is 8.42 Å². The Bertz CT molecular complexity index is 681. The molecule has 1 aromatic carbocycles. The maximum absolute atomic E-state index is 12.3. The van der Waals surface area contributed by atoms with Crippen LogP contribution in [0.3, 0.4) is 0 Å². The maximum atomic E-state index is 12.3. The highest BCUT2D eigenvalue weighted by Crippen LogP contribution is 2.32. The van der Waals surface area contributed by atoms with Crippen LogP contribution in [0.2, 0.25) is 0 Å². The van der Waals surface area contributed by atoms with E-state index in [4.69, 9.17) is 9.47 Å². The average Bonchev–Trinajstić information content (AvgIpc) is 2.97. The molecule has 0 unspecified atom stereocenters. The van der Waals surface area contributed by atoms with Crippen molar-refractivity contribution >= 4 is 27.0 Å². The molecule has 5 nitrogen and oxygen atoms in total. The van der Waals surface area contributed by atoms with Gasteiger partial charge < -0.3 is 9.47 Å². The summed E-state index contributed by atoms with van der Waals surface area (Å²) >= 11 is 1.16. The van der Waals surface area contributed by atoms with Gasteiger partial charge in [-0.3, -0.25) is 4.72 Å². The Morgan fingerprint density at radius 3 is 2.52 bits per heavy atom. The molecule has 114 valence electrons. The number of sulfonamides is 1. The number of anilines is 1. The monoisotopic (exact) mass is 327 g/mol. The van der Waals surface area contributed by atoms with Gasteiger partial charge in [0.15, 0.2) is 0 Å². The third-order valence-corrected chi connectivity index (χ3v) is 5.33. The molecule has 0 spiro atoms. The predicted octanol–water partition coefficient (Wildman–Crippen LogP) is 3.35. The molecule has 2 aromatic rings. The van der Waals surface area contributed by atoms with E-state index >= 15 is 0 Å². The van der Waals surface area contributed by atoms with Gasteiger partial charge in [-0.05, 0) is 37.4 Å². The van der Waals surface area contributed by atoms with Crippen LogP contribution in [0.4, 0.5) is 5.69 Å². The Balaban J connectivity index is 2.34. The Hall–Kier alpha value is -1.73. The molecule has 0 aliphatic rings. The van der Waals surface area contributed by atoms with Gasteiger partial charge in [0.05, 0.1) is 18.9 Å². The maximum Gasteiger partial charge on any atom is 0.271 e. The Morgan fingerprint density at radius 1 is 1.14 bits per heavy atom. The largest absolute Gasteiger partial charge is 0.494 e. The summed E-state index contributed by atoms with van der Waals surface area (Å²) in [6, 6.07) is 8.32. The zero-order valence-corrected chi connectivity index (χ0v) is 13.5. The van der Waals surface area contributed by atoms with Crippen LogP contribution in [-0.4, -0.2) is 21.6 Å². The molecule has 2 rings (SSSR count). The molecular formula is C14H17NO4S2. The van der Waals surface area contributed by atoms with Crippen LogP contribution < -0.4 is 14.2 Å². The minimum atomic E-state index is -3.61. The number of nitrogens with one attached hydrogen (secondary N) is 1. The number of thiophene rings is 1. The smallest absolute Gasteiger partial charge is 0.271 e. The van der Waals surface area contributed by atoms with E-state index in [1.54, 1.807) is 35.7 Å². The SMILES string of the molecule is CCOc1ccc(OCC)c(NS(=O)(=O)c2cccs2)c1. The molecule has 1 N–H and O–H groups in total. The Morgan fingerprint density at radius 2 is 1.90 bits per heavy atom. The molecule has 0 bridgehead atoms. The van der Waals surface area contributed by atoms with Crippen molar-refractivity contribution in [2.45, 2.75) is 18.1 Å². The molecule has 7 heteroatoms. The summed E-state index contributed by atoms with van der Waals surface area (Å²) in [4.78, 5) is 0. The number of benzene rings is 1. The van der Waals surface area contributed by atoms with Crippen molar-refractivity contribution in [3.63, 3.8) is 0 Å². The number of rotatable bonds is 7. The predicted molar refractivity (Wildman–Crippen MR) is 83.9 cm³/mol. The van der Waals surface area contributed by atoms with Crippen LogP contribution in [0.1, 0.15) is 13.8 Å². The van der Waals surface area contributed by atoms with Crippen LogP contribution in [0, 0.1) is 0 Å². The second-order valence-electron chi connectivity index (χ2n) is 4.06. The standard InChI is InChI=1S/C14H17NO4S2/c1-3-18-11-7-8-13(19-4-2)12(10-11)15-21(16,17)14-6-5-9-20-14/h5-10,15H,3-4H2,1-2H3. The molecule has 0 aliphatic heterocycles. The minimum absolute atomic E-state index is 0.256. The van der Waals surface area contributed by atoms with Crippen molar-refractivity contribution in [2.75, 3.05) is 17.9 Å². The fourth-order valence-corrected chi connectivity index (χ4v) is 3.79. The van der Waals surface area contributed by atoms with Crippen molar-refractivity contribution < 1.29 is 17.9 Å². The van der Waals surface area contributed by atoms with Crippen molar-refractivity contribution in [1.29, 1.82) is 0 Å². The van der Waals surface area contributed by atoms with Crippen molar-refractivity contribution in [1.82, 2.24) is 0 Å². The fourth-order valence-electron chi connectivity index (χ4n) is 1.74. The molecule has 0 amide bonds. The van der Waals surface area contributed by atoms with Gasteiger partial charge in [-0.1, -0.05) is 6.07 Å². The molecule has 0 saturated carbocycles. The van der Waals surface area contributed by atoms with Crippen molar-refractivity contribution in [3.05, 3.63) is 35.7 Å². The third-order valence-electron chi connectivity index (χ3n) is 2.57. The molecule has 0 saturated heterocycles. The molecule has 0 atom stereocenters. The van der Waals surface area contributed by atoms with E-state index in [0.717, 1.165) is 11.3 Å². The van der Waals surface area contributed by atoms with Crippen LogP contribution in [0.15, 0.2) is 39.9 Å². The van der Waals surface area contributed by atoms with E-state index in [0.29, 0.717) is 30.4 Å². The Kier molecular flexibility index (Phi) is 5.08. The lowest BCUT2D eigenvalue weighted by Crippen LogP contribution is -2.12. The summed E-state index contributed by atoms with van der Waals surface area (Å²) in [5.74, 6) is 1.06. The summed E-state index contributed by atoms with van der Waals surface area (Å²) in [6.07, 6.45) is 0. The summed E-state index contributed by atoms with van der Waals surface area (Å²) in [5.41, 5.74) is 0.371. The van der Waals surface area contributed by atoms with Crippen LogP contribution in [0.25, 0.3) is 0 Å². The van der Waals surface area contributed by atoms with Gasteiger partial charge in [-0.2, -0.15) is 0 Å². The van der Waals surface area contributed by atoms with Gasteiger partial charge in [-0.25, -0.2) is 8.42 Å². The summed E-state index contributed by atoms with van der Waals surface area (Å²) in [7, 11) is -3.61. The molecule has 0 radical (unpaired) electrons. The van der Waals surface area contributed by atoms with Crippen molar-refractivity contribution in [2.24, 2.45) is 0 Å². The first-order valence-electron chi connectivity index (χ1n) is 6.52. The molecule has 1 aromatic heterocycles. The third kappa shape index (κ3) is 3.89. The zero-order chi connectivity index (χ0) is 15.3. The highest BCUT2D eigenvalue weighted by molar-refractivity contribution is 7.94. The Labute approximate surface area is 128 Å². The van der Waals surface area contributed by atoms with E-state index in [1.807, 2.05) is 13.8 Å². The van der Waals surface area contributed by atoms with Crippen LogP contribution in [0.5, 0.6) is 11.5 Å². The van der Waals surface area contributed by atoms with Gasteiger partial charge in [0.2, 0.25) is 0 Å². The second-order valence-corrected chi connectivity index (χ2v) is 6.92. The number of hydrogen-bond donors (Lipinski definition) is 1. The van der Waals surface area contributed by atoms with Crippen LogP contribution >= 0.6 is 11.3 Å².